The summed E-state index contributed by atoms with van der Waals surface area (Å²) in [6.45, 7) is 6.99. The minimum absolute atomic E-state index is 0.224. The second kappa shape index (κ2) is 4.97. The van der Waals surface area contributed by atoms with Crippen molar-refractivity contribution in [3.8, 4) is 0 Å². The van der Waals surface area contributed by atoms with Gasteiger partial charge in [0.2, 0.25) is 5.91 Å². The van der Waals surface area contributed by atoms with Crippen LogP contribution in [0.4, 0.5) is 0 Å². The zero-order chi connectivity index (χ0) is 13.4. The van der Waals surface area contributed by atoms with Crippen LogP contribution in [0.15, 0.2) is 24.3 Å². The van der Waals surface area contributed by atoms with E-state index in [1.54, 1.807) is 0 Å². The highest BCUT2D eigenvalue weighted by molar-refractivity contribution is 5.83. The molecule has 3 rings (SSSR count). The fraction of sp³-hybridized carbons (Fsp3) is 0.562. The van der Waals surface area contributed by atoms with E-state index in [9.17, 15) is 4.79 Å². The first-order valence-corrected chi connectivity index (χ1v) is 7.25. The van der Waals surface area contributed by atoms with Crippen molar-refractivity contribution in [1.29, 1.82) is 0 Å². The van der Waals surface area contributed by atoms with E-state index in [0.29, 0.717) is 17.9 Å². The number of aryl methyl sites for hydroxylation is 1. The molecular weight excluding hydrogens is 236 g/mol. The molecule has 2 aliphatic rings. The molecule has 19 heavy (non-hydrogen) atoms. The average Bonchev–Trinajstić information content (AvgIpc) is 3.19. The van der Waals surface area contributed by atoms with Crippen LogP contribution < -0.4 is 5.32 Å². The van der Waals surface area contributed by atoms with Crippen molar-refractivity contribution in [2.45, 2.75) is 32.2 Å². The lowest BCUT2D eigenvalue weighted by molar-refractivity contribution is -0.135. The van der Waals surface area contributed by atoms with Crippen molar-refractivity contribution in [2.24, 2.45) is 5.92 Å². The zero-order valence-electron chi connectivity index (χ0n) is 11.7. The normalized spacial score (nSPS) is 30.2. The van der Waals surface area contributed by atoms with Crippen LogP contribution in [0.1, 0.15) is 30.4 Å². The van der Waals surface area contributed by atoms with Crippen LogP contribution in [0, 0.1) is 12.8 Å². The third-order valence-electron chi connectivity index (χ3n) is 4.48. The highest BCUT2D eigenvalue weighted by Crippen LogP contribution is 2.49. The van der Waals surface area contributed by atoms with Gasteiger partial charge < -0.3 is 10.2 Å². The van der Waals surface area contributed by atoms with Gasteiger partial charge >= 0.3 is 0 Å². The van der Waals surface area contributed by atoms with Gasteiger partial charge in [0.25, 0.3) is 0 Å². The summed E-state index contributed by atoms with van der Waals surface area (Å²) < 4.78 is 0. The number of amides is 1. The van der Waals surface area contributed by atoms with E-state index in [1.165, 1.54) is 11.1 Å². The van der Waals surface area contributed by atoms with Crippen molar-refractivity contribution in [2.75, 3.05) is 19.6 Å². The highest BCUT2D eigenvalue weighted by atomic mass is 16.2. The van der Waals surface area contributed by atoms with Crippen LogP contribution in [0.5, 0.6) is 0 Å². The van der Waals surface area contributed by atoms with E-state index in [-0.39, 0.29) is 5.92 Å². The van der Waals surface area contributed by atoms with Gasteiger partial charge in [-0.15, -0.1) is 0 Å². The maximum absolute atomic E-state index is 12.6. The van der Waals surface area contributed by atoms with Crippen LogP contribution in [0.2, 0.25) is 0 Å². The van der Waals surface area contributed by atoms with Gasteiger partial charge in [0.15, 0.2) is 0 Å². The Bertz CT molecular complexity index is 485. The van der Waals surface area contributed by atoms with E-state index in [2.05, 4.69) is 48.3 Å². The molecule has 1 amide bonds. The highest BCUT2D eigenvalue weighted by Gasteiger charge is 2.47. The molecule has 0 aromatic heterocycles. The van der Waals surface area contributed by atoms with Gasteiger partial charge in [0.1, 0.15) is 0 Å². The molecular formula is C16H22N2O. The summed E-state index contributed by atoms with van der Waals surface area (Å²) in [5.41, 5.74) is 2.68. The number of nitrogens with zero attached hydrogens (tertiary/aromatic N) is 1. The fourth-order valence-corrected chi connectivity index (χ4v) is 3.20. The maximum Gasteiger partial charge on any atom is 0.226 e. The third kappa shape index (κ3) is 2.39. The number of hydrogen-bond acceptors (Lipinski definition) is 2. The molecule has 1 saturated carbocycles. The molecule has 1 aromatic rings. The Morgan fingerprint density at radius 3 is 2.89 bits per heavy atom. The number of hydrogen-bond donors (Lipinski definition) is 1. The quantitative estimate of drug-likeness (QED) is 0.879. The molecule has 1 N–H and O–H groups in total. The topological polar surface area (TPSA) is 32.3 Å². The van der Waals surface area contributed by atoms with Crippen LogP contribution in [-0.4, -0.2) is 36.5 Å². The Hall–Kier alpha value is -1.35. The standard InChI is InChI=1S/C16H22N2O/c1-11-5-3-4-6-13(11)14-9-15(14)16(19)18-8-7-17-10-12(18)2/h3-6,12,14-15,17H,7-10H2,1-2H3/t12-,14?,15?/m1/s1. The average molecular weight is 258 g/mol. The SMILES string of the molecule is Cc1ccccc1C1CC1C(=O)N1CCNC[C@H]1C. The summed E-state index contributed by atoms with van der Waals surface area (Å²) in [7, 11) is 0. The number of rotatable bonds is 2. The largest absolute Gasteiger partial charge is 0.337 e. The van der Waals surface area contributed by atoms with Gasteiger partial charge in [-0.1, -0.05) is 24.3 Å². The second-order valence-electron chi connectivity index (χ2n) is 5.89. The Morgan fingerprint density at radius 1 is 1.37 bits per heavy atom. The first-order chi connectivity index (χ1) is 9.18. The monoisotopic (exact) mass is 258 g/mol. The third-order valence-corrected chi connectivity index (χ3v) is 4.48. The summed E-state index contributed by atoms with van der Waals surface area (Å²) in [5.74, 6) is 1.04. The smallest absolute Gasteiger partial charge is 0.226 e. The van der Waals surface area contributed by atoms with Gasteiger partial charge in [0, 0.05) is 31.6 Å². The van der Waals surface area contributed by atoms with Crippen LogP contribution in [0.25, 0.3) is 0 Å². The minimum atomic E-state index is 0.224. The maximum atomic E-state index is 12.6. The van der Waals surface area contributed by atoms with Gasteiger partial charge in [-0.25, -0.2) is 0 Å². The second-order valence-corrected chi connectivity index (χ2v) is 5.89. The molecule has 1 heterocycles. The molecule has 3 nitrogen and oxygen atoms in total. The molecule has 1 aliphatic carbocycles. The number of nitrogens with one attached hydrogen (secondary N) is 1. The number of piperazine rings is 1. The number of carbonyl (C=O) groups excluding carboxylic acids is 1. The molecule has 3 heteroatoms. The van der Waals surface area contributed by atoms with Crippen molar-refractivity contribution in [3.05, 3.63) is 35.4 Å². The molecule has 0 radical (unpaired) electrons. The predicted octanol–water partition coefficient (Wildman–Crippen LogP) is 1.92. The Labute approximate surface area is 115 Å². The lowest BCUT2D eigenvalue weighted by Gasteiger charge is -2.34. The predicted molar refractivity (Wildman–Crippen MR) is 76.1 cm³/mol. The minimum Gasteiger partial charge on any atom is -0.337 e. The summed E-state index contributed by atoms with van der Waals surface area (Å²) in [6.07, 6.45) is 1.03. The molecule has 1 saturated heterocycles. The molecule has 2 fully saturated rings. The van der Waals surface area contributed by atoms with E-state index in [4.69, 9.17) is 0 Å². The number of benzene rings is 1. The first-order valence-electron chi connectivity index (χ1n) is 7.25. The Balaban J connectivity index is 1.69. The van der Waals surface area contributed by atoms with Crippen molar-refractivity contribution in [1.82, 2.24) is 10.2 Å². The van der Waals surface area contributed by atoms with Crippen LogP contribution >= 0.6 is 0 Å². The first kappa shape index (κ1) is 12.7. The summed E-state index contributed by atoms with van der Waals surface area (Å²) in [4.78, 5) is 14.6. The van der Waals surface area contributed by atoms with Crippen LogP contribution in [0.3, 0.4) is 0 Å². The lowest BCUT2D eigenvalue weighted by atomic mass is 10.0. The molecule has 0 spiro atoms. The van der Waals surface area contributed by atoms with Crippen molar-refractivity contribution < 1.29 is 4.79 Å². The molecule has 2 unspecified atom stereocenters. The summed E-state index contributed by atoms with van der Waals surface area (Å²) in [5, 5.41) is 3.34. The van der Waals surface area contributed by atoms with Gasteiger partial charge in [-0.05, 0) is 37.3 Å². The lowest BCUT2D eigenvalue weighted by Crippen LogP contribution is -2.52. The Kier molecular flexibility index (Phi) is 3.31. The van der Waals surface area contributed by atoms with E-state index >= 15 is 0 Å². The summed E-state index contributed by atoms with van der Waals surface area (Å²) in [6, 6.07) is 8.79. The van der Waals surface area contributed by atoms with Gasteiger partial charge in [-0.2, -0.15) is 0 Å². The molecule has 102 valence electrons. The van der Waals surface area contributed by atoms with E-state index < -0.39 is 0 Å². The van der Waals surface area contributed by atoms with Crippen LogP contribution in [-0.2, 0) is 4.79 Å². The molecule has 1 aliphatic heterocycles. The summed E-state index contributed by atoms with van der Waals surface area (Å²) >= 11 is 0. The molecule has 0 bridgehead atoms. The zero-order valence-corrected chi connectivity index (χ0v) is 11.7. The van der Waals surface area contributed by atoms with Gasteiger partial charge in [0.05, 0.1) is 0 Å². The molecule has 3 atom stereocenters. The molecule has 1 aromatic carbocycles. The number of carbonyl (C=O) groups is 1. The van der Waals surface area contributed by atoms with E-state index in [0.717, 1.165) is 26.1 Å². The van der Waals surface area contributed by atoms with E-state index in [1.807, 2.05) is 0 Å². The van der Waals surface area contributed by atoms with Crippen molar-refractivity contribution >= 4 is 5.91 Å². The Morgan fingerprint density at radius 2 is 2.16 bits per heavy atom. The van der Waals surface area contributed by atoms with Gasteiger partial charge in [-0.3, -0.25) is 4.79 Å². The fourth-order valence-electron chi connectivity index (χ4n) is 3.20. The van der Waals surface area contributed by atoms with Crippen molar-refractivity contribution in [3.63, 3.8) is 0 Å².